The van der Waals surface area contributed by atoms with Gasteiger partial charge >= 0.3 is 0 Å². The van der Waals surface area contributed by atoms with Crippen molar-refractivity contribution in [2.24, 2.45) is 0 Å². The van der Waals surface area contributed by atoms with Gasteiger partial charge in [-0.25, -0.2) is 5.32 Å². The Kier molecular flexibility index (Phi) is 4.15. The molecule has 0 saturated carbocycles. The third-order valence-corrected chi connectivity index (χ3v) is 3.08. The van der Waals surface area contributed by atoms with Crippen LogP contribution in [0.1, 0.15) is 0 Å². The van der Waals surface area contributed by atoms with Gasteiger partial charge in [-0.05, 0) is 12.1 Å². The molecule has 1 saturated heterocycles. The van der Waals surface area contributed by atoms with Crippen LogP contribution in [0, 0.1) is 0 Å². The van der Waals surface area contributed by atoms with Crippen LogP contribution < -0.4 is 24.4 Å². The summed E-state index contributed by atoms with van der Waals surface area (Å²) in [6, 6.07) is 3.91. The zero-order valence-corrected chi connectivity index (χ0v) is 11.1. The maximum Gasteiger partial charge on any atom is 0.205 e. The molecule has 0 bridgehead atoms. The minimum Gasteiger partial charge on any atom is -0.493 e. The predicted molar refractivity (Wildman–Crippen MR) is 70.2 cm³/mol. The van der Waals surface area contributed by atoms with Crippen molar-refractivity contribution in [2.45, 2.75) is 0 Å². The summed E-state index contributed by atoms with van der Waals surface area (Å²) in [6.07, 6.45) is 0. The van der Waals surface area contributed by atoms with Crippen LogP contribution in [0.15, 0.2) is 12.1 Å². The van der Waals surface area contributed by atoms with Crippen molar-refractivity contribution in [3.05, 3.63) is 12.1 Å². The second kappa shape index (κ2) is 5.82. The van der Waals surface area contributed by atoms with Crippen molar-refractivity contribution in [1.82, 2.24) is 5.32 Å². The first kappa shape index (κ1) is 12.8. The van der Waals surface area contributed by atoms with E-state index < -0.39 is 0 Å². The summed E-state index contributed by atoms with van der Waals surface area (Å²) in [6.45, 7) is 3.53. The second-order valence-electron chi connectivity index (χ2n) is 4.01. The third-order valence-electron chi connectivity index (χ3n) is 3.08. The molecule has 5 nitrogen and oxygen atoms in total. The molecule has 0 amide bonds. The van der Waals surface area contributed by atoms with Crippen molar-refractivity contribution in [2.75, 3.05) is 52.4 Å². The minimum atomic E-state index is 0.639. The molecule has 0 N–H and O–H groups in total. The normalized spacial score (nSPS) is 15.4. The number of piperazine rings is 1. The van der Waals surface area contributed by atoms with Gasteiger partial charge in [0.25, 0.3) is 0 Å². The minimum absolute atomic E-state index is 0.639. The lowest BCUT2D eigenvalue weighted by atomic mass is 10.2. The summed E-state index contributed by atoms with van der Waals surface area (Å²) in [5, 5.41) is 4.35. The number of hydrogen-bond donors (Lipinski definition) is 0. The molecular formula is C13H19N2O3. The van der Waals surface area contributed by atoms with Gasteiger partial charge in [0, 0.05) is 26.2 Å². The van der Waals surface area contributed by atoms with Gasteiger partial charge in [-0.1, -0.05) is 0 Å². The first-order valence-corrected chi connectivity index (χ1v) is 5.99. The van der Waals surface area contributed by atoms with E-state index in [0.29, 0.717) is 11.5 Å². The van der Waals surface area contributed by atoms with Gasteiger partial charge in [-0.15, -0.1) is 0 Å². The molecule has 1 aliphatic rings. The van der Waals surface area contributed by atoms with Crippen LogP contribution in [-0.4, -0.2) is 47.5 Å². The number of anilines is 1. The lowest BCUT2D eigenvalue weighted by Crippen LogP contribution is -2.40. The summed E-state index contributed by atoms with van der Waals surface area (Å²) < 4.78 is 16.2. The number of methoxy groups -OCH3 is 3. The summed E-state index contributed by atoms with van der Waals surface area (Å²) >= 11 is 0. The van der Waals surface area contributed by atoms with Crippen LogP contribution in [-0.2, 0) is 0 Å². The van der Waals surface area contributed by atoms with Crippen LogP contribution in [0.3, 0.4) is 0 Å². The van der Waals surface area contributed by atoms with E-state index in [9.17, 15) is 0 Å². The van der Waals surface area contributed by atoms with E-state index in [1.165, 1.54) is 0 Å². The molecule has 18 heavy (non-hydrogen) atoms. The summed E-state index contributed by atoms with van der Waals surface area (Å²) in [5.74, 6) is 2.04. The molecule has 0 unspecified atom stereocenters. The zero-order chi connectivity index (χ0) is 13.0. The lowest BCUT2D eigenvalue weighted by molar-refractivity contribution is 0.324. The Morgan fingerprint density at radius 3 is 2.17 bits per heavy atom. The molecule has 2 rings (SSSR count). The van der Waals surface area contributed by atoms with E-state index in [-0.39, 0.29) is 0 Å². The average molecular weight is 251 g/mol. The largest absolute Gasteiger partial charge is 0.493 e. The first-order chi connectivity index (χ1) is 8.81. The van der Waals surface area contributed by atoms with E-state index in [1.54, 1.807) is 21.3 Å². The SMILES string of the molecule is COc1ccc(N2CC[N]CC2)c(OC)c1OC. The highest BCUT2D eigenvalue weighted by atomic mass is 16.5. The topological polar surface area (TPSA) is 45.0 Å². The van der Waals surface area contributed by atoms with Crippen LogP contribution >= 0.6 is 0 Å². The fourth-order valence-electron chi connectivity index (χ4n) is 2.18. The fourth-order valence-corrected chi connectivity index (χ4v) is 2.18. The van der Waals surface area contributed by atoms with Crippen molar-refractivity contribution in [1.29, 1.82) is 0 Å². The Morgan fingerprint density at radius 1 is 0.944 bits per heavy atom. The Balaban J connectivity index is 2.40. The molecule has 5 heteroatoms. The first-order valence-electron chi connectivity index (χ1n) is 5.99. The molecule has 0 atom stereocenters. The van der Waals surface area contributed by atoms with E-state index >= 15 is 0 Å². The van der Waals surface area contributed by atoms with Crippen molar-refractivity contribution >= 4 is 5.69 Å². The zero-order valence-electron chi connectivity index (χ0n) is 11.1. The monoisotopic (exact) mass is 251 g/mol. The number of ether oxygens (including phenoxy) is 3. The van der Waals surface area contributed by atoms with Gasteiger partial charge < -0.3 is 19.1 Å². The van der Waals surface area contributed by atoms with Crippen molar-refractivity contribution in [3.8, 4) is 17.2 Å². The van der Waals surface area contributed by atoms with Gasteiger partial charge in [0.2, 0.25) is 5.75 Å². The summed E-state index contributed by atoms with van der Waals surface area (Å²) in [7, 11) is 4.89. The lowest BCUT2D eigenvalue weighted by Gasteiger charge is -2.30. The van der Waals surface area contributed by atoms with E-state index in [2.05, 4.69) is 10.2 Å². The van der Waals surface area contributed by atoms with Crippen LogP contribution in [0.4, 0.5) is 5.69 Å². The highest BCUT2D eigenvalue weighted by Crippen LogP contribution is 2.44. The molecular weight excluding hydrogens is 232 g/mol. The Morgan fingerprint density at radius 2 is 1.61 bits per heavy atom. The fraction of sp³-hybridized carbons (Fsp3) is 0.538. The molecule has 99 valence electrons. The molecule has 1 heterocycles. The molecule has 1 fully saturated rings. The summed E-state index contributed by atoms with van der Waals surface area (Å²) in [5.41, 5.74) is 1.03. The van der Waals surface area contributed by atoms with E-state index in [0.717, 1.165) is 37.6 Å². The standard InChI is InChI=1S/C13H19N2O3/c1-16-11-5-4-10(12(17-2)13(11)18-3)15-8-6-14-7-9-15/h4-5H,6-9H2,1-3H3. The molecule has 0 spiro atoms. The van der Waals surface area contributed by atoms with Gasteiger partial charge in [0.05, 0.1) is 27.0 Å². The van der Waals surface area contributed by atoms with Crippen molar-refractivity contribution < 1.29 is 14.2 Å². The van der Waals surface area contributed by atoms with Crippen LogP contribution in [0.25, 0.3) is 0 Å². The van der Waals surface area contributed by atoms with Gasteiger partial charge in [0.1, 0.15) is 0 Å². The molecule has 0 aromatic heterocycles. The molecule has 0 aliphatic carbocycles. The highest BCUT2D eigenvalue weighted by molar-refractivity contribution is 5.69. The molecule has 1 aromatic carbocycles. The number of rotatable bonds is 4. The average Bonchev–Trinajstić information content (AvgIpc) is 2.46. The Hall–Kier alpha value is -1.62. The second-order valence-corrected chi connectivity index (χ2v) is 4.01. The third kappa shape index (κ3) is 2.31. The smallest absolute Gasteiger partial charge is 0.205 e. The Bertz CT molecular complexity index is 403. The predicted octanol–water partition coefficient (Wildman–Crippen LogP) is 1.14. The molecule has 1 aromatic rings. The number of nitrogens with zero attached hydrogens (tertiary/aromatic N) is 2. The van der Waals surface area contributed by atoms with Crippen LogP contribution in [0.2, 0.25) is 0 Å². The van der Waals surface area contributed by atoms with Crippen molar-refractivity contribution in [3.63, 3.8) is 0 Å². The maximum atomic E-state index is 5.49. The maximum absolute atomic E-state index is 5.49. The summed E-state index contributed by atoms with van der Waals surface area (Å²) in [4.78, 5) is 2.26. The highest BCUT2D eigenvalue weighted by Gasteiger charge is 2.21. The number of benzene rings is 1. The Labute approximate surface area is 108 Å². The molecule has 1 radical (unpaired) electrons. The molecule has 1 aliphatic heterocycles. The van der Waals surface area contributed by atoms with E-state index in [1.807, 2.05) is 12.1 Å². The van der Waals surface area contributed by atoms with Gasteiger partial charge in [-0.2, -0.15) is 0 Å². The quantitative estimate of drug-likeness (QED) is 0.805. The van der Waals surface area contributed by atoms with Gasteiger partial charge in [0.15, 0.2) is 11.5 Å². The van der Waals surface area contributed by atoms with Crippen LogP contribution in [0.5, 0.6) is 17.2 Å². The number of hydrogen-bond acceptors (Lipinski definition) is 4. The van der Waals surface area contributed by atoms with Gasteiger partial charge in [-0.3, -0.25) is 0 Å². The van der Waals surface area contributed by atoms with E-state index in [4.69, 9.17) is 14.2 Å².